The van der Waals surface area contributed by atoms with E-state index in [0.717, 1.165) is 0 Å². The normalized spacial score (nSPS) is 12.2. The Kier molecular flexibility index (Phi) is 4.86. The van der Waals surface area contributed by atoms with Crippen molar-refractivity contribution in [1.82, 2.24) is 0 Å². The van der Waals surface area contributed by atoms with Crippen LogP contribution >= 0.6 is 23.2 Å². The van der Waals surface area contributed by atoms with E-state index in [1.165, 1.54) is 12.1 Å². The molecule has 1 N–H and O–H groups in total. The summed E-state index contributed by atoms with van der Waals surface area (Å²) in [5.74, 6) is 0.0272. The molecule has 2 rings (SSSR count). The number of rotatable bonds is 4. The van der Waals surface area contributed by atoms with E-state index in [0.29, 0.717) is 21.9 Å². The van der Waals surface area contributed by atoms with Crippen LogP contribution in [0.4, 0.5) is 4.39 Å². The third kappa shape index (κ3) is 3.63. The molecule has 0 heterocycles. The lowest BCUT2D eigenvalue weighted by atomic mass is 10.1. The maximum atomic E-state index is 13.3. The van der Waals surface area contributed by atoms with E-state index < -0.39 is 11.9 Å². The SMILES string of the molecule is C[C@@H](O)c1cc(Cl)ccc1OCc1ccc(Cl)c(F)c1. The first-order valence-electron chi connectivity index (χ1n) is 6.01. The van der Waals surface area contributed by atoms with Gasteiger partial charge in [0.05, 0.1) is 11.1 Å². The van der Waals surface area contributed by atoms with E-state index in [-0.39, 0.29) is 11.6 Å². The summed E-state index contributed by atoms with van der Waals surface area (Å²) in [6.07, 6.45) is -0.703. The molecule has 0 saturated carbocycles. The molecule has 0 aromatic heterocycles. The van der Waals surface area contributed by atoms with Crippen molar-refractivity contribution in [2.75, 3.05) is 0 Å². The average Bonchev–Trinajstić information content (AvgIpc) is 2.41. The van der Waals surface area contributed by atoms with E-state index in [2.05, 4.69) is 0 Å². The van der Waals surface area contributed by atoms with E-state index >= 15 is 0 Å². The van der Waals surface area contributed by atoms with Crippen LogP contribution in [0.15, 0.2) is 36.4 Å². The summed E-state index contributed by atoms with van der Waals surface area (Å²) in [5, 5.41) is 10.3. The lowest BCUT2D eigenvalue weighted by Crippen LogP contribution is -2.01. The molecule has 0 amide bonds. The van der Waals surface area contributed by atoms with Crippen LogP contribution in [-0.4, -0.2) is 5.11 Å². The molecule has 0 aliphatic rings. The zero-order valence-electron chi connectivity index (χ0n) is 10.7. The molecular formula is C15H13Cl2FO2. The van der Waals surface area contributed by atoms with Crippen molar-refractivity contribution in [1.29, 1.82) is 0 Å². The summed E-state index contributed by atoms with van der Waals surface area (Å²) in [6, 6.07) is 9.47. The van der Waals surface area contributed by atoms with Gasteiger partial charge in [-0.25, -0.2) is 4.39 Å². The van der Waals surface area contributed by atoms with E-state index in [1.807, 2.05) is 0 Å². The second kappa shape index (κ2) is 6.44. The van der Waals surface area contributed by atoms with Gasteiger partial charge in [0.1, 0.15) is 18.2 Å². The number of aliphatic hydroxyl groups excluding tert-OH is 1. The number of ether oxygens (including phenoxy) is 1. The second-order valence-corrected chi connectivity index (χ2v) is 5.24. The first-order valence-corrected chi connectivity index (χ1v) is 6.77. The fourth-order valence-corrected chi connectivity index (χ4v) is 2.07. The van der Waals surface area contributed by atoms with E-state index in [4.69, 9.17) is 27.9 Å². The smallest absolute Gasteiger partial charge is 0.142 e. The van der Waals surface area contributed by atoms with Crippen molar-refractivity contribution in [3.8, 4) is 5.75 Å². The molecule has 0 spiro atoms. The molecule has 5 heteroatoms. The molecule has 0 saturated heterocycles. The van der Waals surface area contributed by atoms with Gasteiger partial charge >= 0.3 is 0 Å². The van der Waals surface area contributed by atoms with Crippen LogP contribution in [0.2, 0.25) is 10.0 Å². The maximum absolute atomic E-state index is 13.3. The largest absolute Gasteiger partial charge is 0.489 e. The number of hydrogen-bond acceptors (Lipinski definition) is 2. The number of benzene rings is 2. The molecule has 0 unspecified atom stereocenters. The summed E-state index contributed by atoms with van der Waals surface area (Å²) >= 11 is 11.5. The van der Waals surface area contributed by atoms with Crippen LogP contribution in [0.1, 0.15) is 24.2 Å². The molecule has 0 fully saturated rings. The van der Waals surface area contributed by atoms with Crippen molar-refractivity contribution in [2.45, 2.75) is 19.6 Å². The Hall–Kier alpha value is -1.29. The Morgan fingerprint density at radius 3 is 2.60 bits per heavy atom. The zero-order chi connectivity index (χ0) is 14.7. The minimum absolute atomic E-state index is 0.0740. The Balaban J connectivity index is 2.16. The van der Waals surface area contributed by atoms with E-state index in [1.54, 1.807) is 31.2 Å². The van der Waals surface area contributed by atoms with E-state index in [9.17, 15) is 9.50 Å². The van der Waals surface area contributed by atoms with Gasteiger partial charge in [-0.1, -0.05) is 29.3 Å². The van der Waals surface area contributed by atoms with Gasteiger partial charge in [0, 0.05) is 10.6 Å². The molecule has 2 aromatic rings. The summed E-state index contributed by atoms with van der Waals surface area (Å²) in [6.45, 7) is 1.80. The Morgan fingerprint density at radius 1 is 1.20 bits per heavy atom. The summed E-state index contributed by atoms with van der Waals surface area (Å²) in [7, 11) is 0. The zero-order valence-corrected chi connectivity index (χ0v) is 12.2. The third-order valence-electron chi connectivity index (χ3n) is 2.80. The van der Waals surface area contributed by atoms with Crippen LogP contribution in [0.3, 0.4) is 0 Å². The molecule has 2 nitrogen and oxygen atoms in total. The quantitative estimate of drug-likeness (QED) is 0.881. The molecule has 0 aliphatic carbocycles. The van der Waals surface area contributed by atoms with Gasteiger partial charge in [-0.15, -0.1) is 0 Å². The second-order valence-electron chi connectivity index (χ2n) is 4.40. The predicted molar refractivity (Wildman–Crippen MR) is 77.8 cm³/mol. The van der Waals surface area contributed by atoms with Crippen LogP contribution in [0.5, 0.6) is 5.75 Å². The van der Waals surface area contributed by atoms with Gasteiger partial charge < -0.3 is 9.84 Å². The van der Waals surface area contributed by atoms with Gasteiger partial charge in [0.2, 0.25) is 0 Å². The summed E-state index contributed by atoms with van der Waals surface area (Å²) in [4.78, 5) is 0. The minimum atomic E-state index is -0.703. The highest BCUT2D eigenvalue weighted by atomic mass is 35.5. The van der Waals surface area contributed by atoms with Gasteiger partial charge in [-0.3, -0.25) is 0 Å². The standard InChI is InChI=1S/C15H13Cl2FO2/c1-9(19)12-7-11(16)3-5-15(12)20-8-10-2-4-13(17)14(18)6-10/h2-7,9,19H,8H2,1H3/t9-/m1/s1. The average molecular weight is 315 g/mol. The molecule has 106 valence electrons. The fourth-order valence-electron chi connectivity index (χ4n) is 1.77. The van der Waals surface area contributed by atoms with Crippen LogP contribution in [0, 0.1) is 5.82 Å². The molecule has 1 atom stereocenters. The molecule has 20 heavy (non-hydrogen) atoms. The van der Waals surface area contributed by atoms with Crippen molar-refractivity contribution in [3.05, 3.63) is 63.4 Å². The lowest BCUT2D eigenvalue weighted by Gasteiger charge is -2.14. The Labute approximate surface area is 126 Å². The van der Waals surface area contributed by atoms with Gasteiger partial charge in [-0.05, 0) is 42.8 Å². The fraction of sp³-hybridized carbons (Fsp3) is 0.200. The number of aliphatic hydroxyl groups is 1. The van der Waals surface area contributed by atoms with Crippen molar-refractivity contribution >= 4 is 23.2 Å². The van der Waals surface area contributed by atoms with Gasteiger partial charge in [-0.2, -0.15) is 0 Å². The predicted octanol–water partition coefficient (Wildman–Crippen LogP) is 4.76. The van der Waals surface area contributed by atoms with Crippen molar-refractivity contribution in [2.24, 2.45) is 0 Å². The number of hydrogen-bond donors (Lipinski definition) is 1. The van der Waals surface area contributed by atoms with Crippen LogP contribution < -0.4 is 4.74 Å². The maximum Gasteiger partial charge on any atom is 0.142 e. The first kappa shape index (κ1) is 15.1. The molecular weight excluding hydrogens is 302 g/mol. The van der Waals surface area contributed by atoms with Gasteiger partial charge in [0.15, 0.2) is 0 Å². The lowest BCUT2D eigenvalue weighted by molar-refractivity contribution is 0.190. The summed E-state index contributed by atoms with van der Waals surface area (Å²) in [5.41, 5.74) is 1.24. The van der Waals surface area contributed by atoms with Crippen LogP contribution in [-0.2, 0) is 6.61 Å². The Morgan fingerprint density at radius 2 is 1.95 bits per heavy atom. The van der Waals surface area contributed by atoms with Crippen molar-refractivity contribution < 1.29 is 14.2 Å². The number of halogens is 3. The molecule has 2 aromatic carbocycles. The summed E-state index contributed by atoms with van der Waals surface area (Å²) < 4.78 is 18.9. The van der Waals surface area contributed by atoms with Gasteiger partial charge in [0.25, 0.3) is 0 Å². The highest BCUT2D eigenvalue weighted by molar-refractivity contribution is 6.31. The minimum Gasteiger partial charge on any atom is -0.489 e. The topological polar surface area (TPSA) is 29.5 Å². The van der Waals surface area contributed by atoms with Crippen molar-refractivity contribution in [3.63, 3.8) is 0 Å². The molecule has 0 radical (unpaired) electrons. The monoisotopic (exact) mass is 314 g/mol. The third-order valence-corrected chi connectivity index (χ3v) is 3.34. The highest BCUT2D eigenvalue weighted by Gasteiger charge is 2.10. The molecule has 0 bridgehead atoms. The first-order chi connectivity index (χ1) is 9.47. The van der Waals surface area contributed by atoms with Crippen LogP contribution in [0.25, 0.3) is 0 Å². The Bertz CT molecular complexity index is 615. The molecule has 0 aliphatic heterocycles. The highest BCUT2D eigenvalue weighted by Crippen LogP contribution is 2.29.